The first-order valence-corrected chi connectivity index (χ1v) is 13.9. The third-order valence-electron chi connectivity index (χ3n) is 4.97. The van der Waals surface area contributed by atoms with Gasteiger partial charge in [0.25, 0.3) is 0 Å². The van der Waals surface area contributed by atoms with E-state index in [1.54, 1.807) is 4.90 Å². The average molecular weight is 416 g/mol. The molecule has 1 heterocycles. The van der Waals surface area contributed by atoms with Crippen molar-refractivity contribution >= 4 is 19.9 Å². The van der Waals surface area contributed by atoms with E-state index in [0.717, 1.165) is 36.4 Å². The smallest absolute Gasteiger partial charge is 0.410 e. The van der Waals surface area contributed by atoms with Gasteiger partial charge in [0.2, 0.25) is 0 Å². The van der Waals surface area contributed by atoms with Crippen LogP contribution in [0.4, 0.5) is 10.5 Å². The molecule has 1 saturated heterocycles. The van der Waals surface area contributed by atoms with Crippen LogP contribution in [0, 0.1) is 25.3 Å². The number of carbonyl (C=O) groups is 1. The van der Waals surface area contributed by atoms with Crippen LogP contribution in [0.2, 0.25) is 19.6 Å². The molecule has 1 aliphatic rings. The number of amides is 1. The highest BCUT2D eigenvalue weighted by Crippen LogP contribution is 2.25. The van der Waals surface area contributed by atoms with Gasteiger partial charge in [-0.25, -0.2) is 4.79 Å². The van der Waals surface area contributed by atoms with Crippen LogP contribution in [0.5, 0.6) is 0 Å². The van der Waals surface area contributed by atoms with Crippen molar-refractivity contribution in [3.63, 3.8) is 0 Å². The van der Waals surface area contributed by atoms with Gasteiger partial charge in [0, 0.05) is 44.0 Å². The molecule has 0 atom stereocenters. The molecule has 0 aromatic heterocycles. The van der Waals surface area contributed by atoms with Crippen molar-refractivity contribution in [2.75, 3.05) is 31.9 Å². The molecule has 1 aromatic carbocycles. The van der Waals surface area contributed by atoms with Crippen LogP contribution in [0.1, 0.15) is 43.0 Å². The molecule has 1 aliphatic heterocycles. The standard InChI is InChI=1S/C23H37N3O2Si/c1-17-19(15-21(24)18(2)20(17)9-14-29(6,7)8)16-25-10-12-26(13-11-25)22(27)28-23(3,4)5/h15H,10-13,16,24H2,1-8H3. The number of hydrogen-bond acceptors (Lipinski definition) is 4. The molecule has 0 unspecified atom stereocenters. The number of benzene rings is 1. The van der Waals surface area contributed by atoms with E-state index in [9.17, 15) is 4.79 Å². The summed E-state index contributed by atoms with van der Waals surface area (Å²) in [5, 5.41) is 0. The van der Waals surface area contributed by atoms with Crippen molar-refractivity contribution in [3.8, 4) is 11.5 Å². The van der Waals surface area contributed by atoms with Gasteiger partial charge in [-0.15, -0.1) is 5.54 Å². The minimum absolute atomic E-state index is 0.225. The Kier molecular flexibility index (Phi) is 7.08. The van der Waals surface area contributed by atoms with E-state index < -0.39 is 13.7 Å². The fraction of sp³-hybridized carbons (Fsp3) is 0.609. The zero-order valence-corrected chi connectivity index (χ0v) is 20.4. The van der Waals surface area contributed by atoms with Crippen molar-refractivity contribution in [1.29, 1.82) is 0 Å². The third-order valence-corrected chi connectivity index (χ3v) is 5.85. The summed E-state index contributed by atoms with van der Waals surface area (Å²) in [6.45, 7) is 20.5. The highest BCUT2D eigenvalue weighted by Gasteiger charge is 2.26. The van der Waals surface area contributed by atoms with E-state index in [2.05, 4.69) is 55.9 Å². The quantitative estimate of drug-likeness (QED) is 0.447. The van der Waals surface area contributed by atoms with Crippen molar-refractivity contribution < 1.29 is 9.53 Å². The second-order valence-corrected chi connectivity index (χ2v) is 14.7. The number of piperazine rings is 1. The van der Waals surface area contributed by atoms with E-state index in [1.165, 1.54) is 11.1 Å². The molecule has 29 heavy (non-hydrogen) atoms. The summed E-state index contributed by atoms with van der Waals surface area (Å²) >= 11 is 0. The van der Waals surface area contributed by atoms with Gasteiger partial charge >= 0.3 is 6.09 Å². The predicted octanol–water partition coefficient (Wildman–Crippen LogP) is 4.17. The molecular weight excluding hydrogens is 378 g/mol. The SMILES string of the molecule is Cc1c(N)cc(CN2CCN(C(=O)OC(C)(C)C)CC2)c(C)c1C#C[Si](C)(C)C. The lowest BCUT2D eigenvalue weighted by molar-refractivity contribution is 0.0139. The van der Waals surface area contributed by atoms with E-state index in [1.807, 2.05) is 20.8 Å². The van der Waals surface area contributed by atoms with Crippen molar-refractivity contribution in [2.24, 2.45) is 0 Å². The van der Waals surface area contributed by atoms with Gasteiger partial charge in [0.15, 0.2) is 0 Å². The molecule has 2 rings (SSSR count). The van der Waals surface area contributed by atoms with Crippen LogP contribution in [0.25, 0.3) is 0 Å². The summed E-state index contributed by atoms with van der Waals surface area (Å²) in [5.74, 6) is 3.43. The van der Waals surface area contributed by atoms with E-state index in [4.69, 9.17) is 10.5 Å². The molecule has 0 saturated carbocycles. The second-order valence-electron chi connectivity index (χ2n) is 9.99. The zero-order valence-electron chi connectivity index (χ0n) is 19.4. The van der Waals surface area contributed by atoms with Crippen LogP contribution in [0.15, 0.2) is 6.07 Å². The van der Waals surface area contributed by atoms with E-state index in [-0.39, 0.29) is 6.09 Å². The van der Waals surface area contributed by atoms with Crippen LogP contribution in [0.3, 0.4) is 0 Å². The topological polar surface area (TPSA) is 58.8 Å². The minimum Gasteiger partial charge on any atom is -0.444 e. The van der Waals surface area contributed by atoms with Crippen LogP contribution < -0.4 is 5.73 Å². The average Bonchev–Trinajstić information content (AvgIpc) is 2.57. The molecule has 1 amide bonds. The first-order valence-electron chi connectivity index (χ1n) is 10.4. The van der Waals surface area contributed by atoms with Gasteiger partial charge in [0.1, 0.15) is 13.7 Å². The van der Waals surface area contributed by atoms with Gasteiger partial charge in [-0.05, 0) is 57.4 Å². The van der Waals surface area contributed by atoms with Gasteiger partial charge in [-0.2, -0.15) is 0 Å². The number of ether oxygens (including phenoxy) is 1. The predicted molar refractivity (Wildman–Crippen MR) is 124 cm³/mol. The summed E-state index contributed by atoms with van der Waals surface area (Å²) in [7, 11) is -1.46. The molecule has 1 fully saturated rings. The van der Waals surface area contributed by atoms with Crippen molar-refractivity contribution in [2.45, 2.75) is 66.4 Å². The first-order chi connectivity index (χ1) is 13.3. The molecule has 160 valence electrons. The lowest BCUT2D eigenvalue weighted by Gasteiger charge is -2.36. The Morgan fingerprint density at radius 1 is 1.14 bits per heavy atom. The maximum absolute atomic E-state index is 12.3. The summed E-state index contributed by atoms with van der Waals surface area (Å²) < 4.78 is 5.49. The third kappa shape index (κ3) is 6.79. The highest BCUT2D eigenvalue weighted by atomic mass is 28.3. The second kappa shape index (κ2) is 8.81. The maximum Gasteiger partial charge on any atom is 0.410 e. The van der Waals surface area contributed by atoms with Gasteiger partial charge in [0.05, 0.1) is 0 Å². The van der Waals surface area contributed by atoms with E-state index in [0.29, 0.717) is 13.1 Å². The monoisotopic (exact) mass is 415 g/mol. The normalized spacial score (nSPS) is 15.7. The molecule has 0 radical (unpaired) electrons. The van der Waals surface area contributed by atoms with Crippen LogP contribution in [-0.2, 0) is 11.3 Å². The molecule has 1 aromatic rings. The Morgan fingerprint density at radius 3 is 2.24 bits per heavy atom. The van der Waals surface area contributed by atoms with Crippen molar-refractivity contribution in [1.82, 2.24) is 9.80 Å². The summed E-state index contributed by atoms with van der Waals surface area (Å²) in [6.07, 6.45) is -0.225. The fourth-order valence-electron chi connectivity index (χ4n) is 3.25. The summed E-state index contributed by atoms with van der Waals surface area (Å²) in [4.78, 5) is 16.4. The lowest BCUT2D eigenvalue weighted by atomic mass is 9.96. The molecule has 0 spiro atoms. The number of rotatable bonds is 2. The number of anilines is 1. The Hall–Kier alpha value is -1.97. The highest BCUT2D eigenvalue weighted by molar-refractivity contribution is 6.83. The fourth-order valence-corrected chi connectivity index (χ4v) is 3.75. The number of nitrogens with two attached hydrogens (primary N) is 1. The number of carbonyl (C=O) groups excluding carboxylic acids is 1. The molecule has 0 bridgehead atoms. The summed E-state index contributed by atoms with van der Waals surface area (Å²) in [6, 6.07) is 2.09. The largest absolute Gasteiger partial charge is 0.444 e. The Labute approximate surface area is 177 Å². The zero-order chi connectivity index (χ0) is 22.0. The molecular formula is C23H37N3O2Si. The molecule has 2 N–H and O–H groups in total. The number of nitrogens with zero attached hydrogens (tertiary/aromatic N) is 2. The Bertz CT molecular complexity index is 818. The first kappa shape index (κ1) is 23.3. The molecule has 0 aliphatic carbocycles. The Morgan fingerprint density at radius 2 is 1.72 bits per heavy atom. The van der Waals surface area contributed by atoms with Gasteiger partial charge in [-0.1, -0.05) is 25.6 Å². The van der Waals surface area contributed by atoms with Gasteiger partial charge in [-0.3, -0.25) is 4.90 Å². The van der Waals surface area contributed by atoms with E-state index >= 15 is 0 Å². The van der Waals surface area contributed by atoms with Gasteiger partial charge < -0.3 is 15.4 Å². The maximum atomic E-state index is 12.3. The molecule has 6 heteroatoms. The Balaban J connectivity index is 2.11. The van der Waals surface area contributed by atoms with Crippen LogP contribution in [-0.4, -0.2) is 55.7 Å². The number of nitrogen functional groups attached to an aromatic ring is 1. The lowest BCUT2D eigenvalue weighted by Crippen LogP contribution is -2.49. The van der Waals surface area contributed by atoms with Crippen LogP contribution >= 0.6 is 0 Å². The minimum atomic E-state index is -1.46. The molecule has 5 nitrogen and oxygen atoms in total. The van der Waals surface area contributed by atoms with Crippen molar-refractivity contribution in [3.05, 3.63) is 28.3 Å². The number of hydrogen-bond donors (Lipinski definition) is 1. The summed E-state index contributed by atoms with van der Waals surface area (Å²) in [5.41, 5.74) is 14.7.